The summed E-state index contributed by atoms with van der Waals surface area (Å²) in [5, 5.41) is 0. The topological polar surface area (TPSA) is 4.93 Å². The first-order valence-corrected chi connectivity index (χ1v) is 4.82. The van der Waals surface area contributed by atoms with E-state index in [1.807, 2.05) is 0 Å². The van der Waals surface area contributed by atoms with Crippen LogP contribution in [0.25, 0.3) is 0 Å². The lowest BCUT2D eigenvalue weighted by Crippen LogP contribution is -1.96. The summed E-state index contributed by atoms with van der Waals surface area (Å²) in [7, 11) is 0. The maximum Gasteiger partial charge on any atom is 0.0274 e. The van der Waals surface area contributed by atoms with Crippen molar-refractivity contribution < 1.29 is 0 Å². The second-order valence-electron chi connectivity index (χ2n) is 3.80. The number of rotatable bonds is 3. The minimum atomic E-state index is 0.586. The van der Waals surface area contributed by atoms with E-state index >= 15 is 0 Å². The average Bonchev–Trinajstić information content (AvgIpc) is 2.51. The van der Waals surface area contributed by atoms with E-state index in [0.717, 1.165) is 0 Å². The molecule has 0 spiro atoms. The van der Waals surface area contributed by atoms with Crippen LogP contribution in [0.4, 0.5) is 0 Å². The Hall–Kier alpha value is -0.720. The number of nitrogens with zero attached hydrogens (tertiary/aromatic N) is 1. The molecule has 1 aromatic heterocycles. The van der Waals surface area contributed by atoms with E-state index in [2.05, 4.69) is 50.7 Å². The Kier molecular flexibility index (Phi) is 2.96. The van der Waals surface area contributed by atoms with Crippen LogP contribution in [0.3, 0.4) is 0 Å². The molecule has 1 heteroatoms. The smallest absolute Gasteiger partial charge is 0.0274 e. The maximum absolute atomic E-state index is 2.28. The van der Waals surface area contributed by atoms with E-state index < -0.39 is 0 Å². The van der Waals surface area contributed by atoms with Gasteiger partial charge in [-0.15, -0.1) is 0 Å². The zero-order chi connectivity index (χ0) is 9.14. The lowest BCUT2D eigenvalue weighted by molar-refractivity contribution is 0.599. The van der Waals surface area contributed by atoms with E-state index in [4.69, 9.17) is 0 Å². The standard InChI is InChI=1S/C11H19N/c1-5-10(4)11-6-7-12(8-11)9(2)3/h6-10H,5H2,1-4H3. The van der Waals surface area contributed by atoms with Crippen molar-refractivity contribution in [1.29, 1.82) is 0 Å². The highest BCUT2D eigenvalue weighted by atomic mass is 15.0. The fourth-order valence-corrected chi connectivity index (χ4v) is 1.28. The third-order valence-electron chi connectivity index (χ3n) is 2.51. The van der Waals surface area contributed by atoms with Gasteiger partial charge in [-0.25, -0.2) is 0 Å². The van der Waals surface area contributed by atoms with Crippen molar-refractivity contribution >= 4 is 0 Å². The molecule has 0 aliphatic rings. The molecule has 0 radical (unpaired) electrons. The Bertz CT molecular complexity index is 235. The molecule has 1 nitrogen and oxygen atoms in total. The molecule has 0 bridgehead atoms. The Morgan fingerprint density at radius 3 is 2.42 bits per heavy atom. The van der Waals surface area contributed by atoms with Crippen molar-refractivity contribution in [3.8, 4) is 0 Å². The van der Waals surface area contributed by atoms with Gasteiger partial charge in [-0.1, -0.05) is 13.8 Å². The van der Waals surface area contributed by atoms with Gasteiger partial charge < -0.3 is 4.57 Å². The van der Waals surface area contributed by atoms with Gasteiger partial charge in [-0.3, -0.25) is 0 Å². The molecule has 0 N–H and O–H groups in total. The molecule has 0 aliphatic carbocycles. The summed E-state index contributed by atoms with van der Waals surface area (Å²) in [6.45, 7) is 8.93. The molecule has 12 heavy (non-hydrogen) atoms. The van der Waals surface area contributed by atoms with Crippen molar-refractivity contribution in [2.24, 2.45) is 0 Å². The summed E-state index contributed by atoms with van der Waals surface area (Å²) in [6.07, 6.45) is 5.66. The summed E-state index contributed by atoms with van der Waals surface area (Å²) >= 11 is 0. The van der Waals surface area contributed by atoms with Crippen LogP contribution in [0.15, 0.2) is 18.5 Å². The van der Waals surface area contributed by atoms with Crippen LogP contribution in [0.5, 0.6) is 0 Å². The molecular weight excluding hydrogens is 146 g/mol. The second kappa shape index (κ2) is 3.79. The van der Waals surface area contributed by atoms with Crippen LogP contribution < -0.4 is 0 Å². The molecule has 1 rings (SSSR count). The van der Waals surface area contributed by atoms with Gasteiger partial charge in [0.05, 0.1) is 0 Å². The summed E-state index contributed by atoms with van der Waals surface area (Å²) < 4.78 is 2.27. The molecule has 1 aromatic rings. The van der Waals surface area contributed by atoms with Crippen molar-refractivity contribution in [3.63, 3.8) is 0 Å². The van der Waals surface area contributed by atoms with E-state index in [0.29, 0.717) is 12.0 Å². The Morgan fingerprint density at radius 1 is 1.33 bits per heavy atom. The summed E-state index contributed by atoms with van der Waals surface area (Å²) in [4.78, 5) is 0. The van der Waals surface area contributed by atoms with Crippen LogP contribution in [-0.4, -0.2) is 4.57 Å². The third-order valence-corrected chi connectivity index (χ3v) is 2.51. The molecule has 68 valence electrons. The predicted octanol–water partition coefficient (Wildman–Crippen LogP) is 3.58. The highest BCUT2D eigenvalue weighted by Gasteiger charge is 2.05. The zero-order valence-corrected chi connectivity index (χ0v) is 8.54. The van der Waals surface area contributed by atoms with Crippen molar-refractivity contribution in [2.75, 3.05) is 0 Å². The Balaban J connectivity index is 2.77. The van der Waals surface area contributed by atoms with Crippen LogP contribution in [0.2, 0.25) is 0 Å². The third kappa shape index (κ3) is 1.90. The first-order chi connectivity index (χ1) is 5.65. The van der Waals surface area contributed by atoms with E-state index in [9.17, 15) is 0 Å². The predicted molar refractivity (Wildman–Crippen MR) is 53.5 cm³/mol. The quantitative estimate of drug-likeness (QED) is 0.645. The molecule has 1 atom stereocenters. The Labute approximate surface area is 75.4 Å². The molecule has 0 aromatic carbocycles. The summed E-state index contributed by atoms with van der Waals surface area (Å²) in [6, 6.07) is 2.82. The fraction of sp³-hybridized carbons (Fsp3) is 0.636. The monoisotopic (exact) mass is 165 g/mol. The minimum absolute atomic E-state index is 0.586. The van der Waals surface area contributed by atoms with Gasteiger partial charge in [0.15, 0.2) is 0 Å². The van der Waals surface area contributed by atoms with Gasteiger partial charge in [0.25, 0.3) is 0 Å². The lowest BCUT2D eigenvalue weighted by Gasteiger charge is -2.07. The molecule has 1 heterocycles. The molecule has 0 amide bonds. The number of hydrogen-bond acceptors (Lipinski definition) is 0. The maximum atomic E-state index is 2.28. The Morgan fingerprint density at radius 2 is 2.00 bits per heavy atom. The lowest BCUT2D eigenvalue weighted by atomic mass is 10.0. The van der Waals surface area contributed by atoms with E-state index in [1.165, 1.54) is 12.0 Å². The highest BCUT2D eigenvalue weighted by molar-refractivity contribution is 5.15. The van der Waals surface area contributed by atoms with Gasteiger partial charge in [0.1, 0.15) is 0 Å². The van der Waals surface area contributed by atoms with Gasteiger partial charge in [-0.05, 0) is 37.8 Å². The molecular formula is C11H19N. The first kappa shape index (κ1) is 9.37. The van der Waals surface area contributed by atoms with Gasteiger partial charge in [-0.2, -0.15) is 0 Å². The second-order valence-corrected chi connectivity index (χ2v) is 3.80. The van der Waals surface area contributed by atoms with Crippen LogP contribution in [0.1, 0.15) is 51.6 Å². The van der Waals surface area contributed by atoms with E-state index in [1.54, 1.807) is 0 Å². The van der Waals surface area contributed by atoms with Gasteiger partial charge in [0, 0.05) is 18.4 Å². The van der Waals surface area contributed by atoms with Gasteiger partial charge in [0.2, 0.25) is 0 Å². The highest BCUT2D eigenvalue weighted by Crippen LogP contribution is 2.20. The van der Waals surface area contributed by atoms with E-state index in [-0.39, 0.29) is 0 Å². The molecule has 0 aliphatic heterocycles. The number of hydrogen-bond donors (Lipinski definition) is 0. The zero-order valence-electron chi connectivity index (χ0n) is 8.54. The number of aromatic nitrogens is 1. The fourth-order valence-electron chi connectivity index (χ4n) is 1.28. The van der Waals surface area contributed by atoms with Crippen molar-refractivity contribution in [2.45, 2.75) is 46.1 Å². The molecule has 1 unspecified atom stereocenters. The SMILES string of the molecule is CCC(C)c1ccn(C(C)C)c1. The minimum Gasteiger partial charge on any atom is -0.352 e. The molecule has 0 saturated heterocycles. The summed E-state index contributed by atoms with van der Waals surface area (Å²) in [5.74, 6) is 0.699. The summed E-state index contributed by atoms with van der Waals surface area (Å²) in [5.41, 5.74) is 1.46. The normalized spacial score (nSPS) is 13.8. The average molecular weight is 165 g/mol. The molecule has 0 saturated carbocycles. The van der Waals surface area contributed by atoms with Crippen LogP contribution in [-0.2, 0) is 0 Å². The van der Waals surface area contributed by atoms with Crippen LogP contribution in [0, 0.1) is 0 Å². The largest absolute Gasteiger partial charge is 0.352 e. The first-order valence-electron chi connectivity index (χ1n) is 4.82. The van der Waals surface area contributed by atoms with Gasteiger partial charge >= 0.3 is 0 Å². The van der Waals surface area contributed by atoms with Crippen molar-refractivity contribution in [1.82, 2.24) is 4.57 Å². The molecule has 0 fully saturated rings. The van der Waals surface area contributed by atoms with Crippen LogP contribution >= 0.6 is 0 Å². The van der Waals surface area contributed by atoms with Crippen molar-refractivity contribution in [3.05, 3.63) is 24.0 Å².